The first-order valence-electron chi connectivity index (χ1n) is 5.86. The summed E-state index contributed by atoms with van der Waals surface area (Å²) in [5, 5.41) is 3.28. The van der Waals surface area contributed by atoms with Gasteiger partial charge in [0.2, 0.25) is 0 Å². The van der Waals surface area contributed by atoms with Crippen LogP contribution >= 0.6 is 12.4 Å². The van der Waals surface area contributed by atoms with Crippen LogP contribution in [0.3, 0.4) is 0 Å². The van der Waals surface area contributed by atoms with Gasteiger partial charge in [-0.2, -0.15) is 0 Å². The molecule has 18 heavy (non-hydrogen) atoms. The number of ether oxygens (including phenoxy) is 2. The first kappa shape index (κ1) is 15.1. The van der Waals surface area contributed by atoms with Gasteiger partial charge in [0, 0.05) is 25.7 Å². The minimum Gasteiger partial charge on any atom is -0.493 e. The maximum absolute atomic E-state index is 5.30. The van der Waals surface area contributed by atoms with Crippen molar-refractivity contribution >= 4 is 12.4 Å². The van der Waals surface area contributed by atoms with Crippen LogP contribution in [0.25, 0.3) is 0 Å². The molecule has 1 heterocycles. The van der Waals surface area contributed by atoms with Crippen LogP contribution in [0.2, 0.25) is 0 Å². The molecule has 0 radical (unpaired) electrons. The molecule has 1 aromatic carbocycles. The van der Waals surface area contributed by atoms with E-state index < -0.39 is 0 Å². The van der Waals surface area contributed by atoms with Crippen LogP contribution in [-0.2, 0) is 6.54 Å². The van der Waals surface area contributed by atoms with Crippen molar-refractivity contribution in [3.63, 3.8) is 0 Å². The van der Waals surface area contributed by atoms with Gasteiger partial charge >= 0.3 is 0 Å². The number of halogens is 1. The molecule has 1 aliphatic heterocycles. The van der Waals surface area contributed by atoms with E-state index in [1.165, 1.54) is 5.56 Å². The number of hydrogen-bond donors (Lipinski definition) is 1. The van der Waals surface area contributed by atoms with E-state index in [4.69, 9.17) is 9.47 Å². The lowest BCUT2D eigenvalue weighted by Gasteiger charge is -2.35. The molecule has 1 aliphatic rings. The molecule has 102 valence electrons. The van der Waals surface area contributed by atoms with Crippen molar-refractivity contribution in [3.05, 3.63) is 23.8 Å². The third-order valence-corrected chi connectivity index (χ3v) is 3.26. The summed E-state index contributed by atoms with van der Waals surface area (Å²) in [7, 11) is 5.48. The Balaban J connectivity index is 0.00000162. The second-order valence-electron chi connectivity index (χ2n) is 4.42. The average Bonchev–Trinajstić information content (AvgIpc) is 2.26. The zero-order valence-electron chi connectivity index (χ0n) is 11.1. The fourth-order valence-electron chi connectivity index (χ4n) is 1.98. The fourth-order valence-corrected chi connectivity index (χ4v) is 1.98. The maximum atomic E-state index is 5.30. The second kappa shape index (κ2) is 6.83. The van der Waals surface area contributed by atoms with Gasteiger partial charge in [0.1, 0.15) is 0 Å². The summed E-state index contributed by atoms with van der Waals surface area (Å²) in [4.78, 5) is 2.36. The smallest absolute Gasteiger partial charge is 0.161 e. The molecule has 4 nitrogen and oxygen atoms in total. The van der Waals surface area contributed by atoms with Gasteiger partial charge in [0.05, 0.1) is 14.2 Å². The van der Waals surface area contributed by atoms with Crippen molar-refractivity contribution in [2.45, 2.75) is 12.6 Å². The molecule has 0 unspecified atom stereocenters. The Morgan fingerprint density at radius 1 is 1.22 bits per heavy atom. The highest BCUT2D eigenvalue weighted by Crippen LogP contribution is 2.28. The molecule has 0 saturated carbocycles. The van der Waals surface area contributed by atoms with Crippen LogP contribution in [0.15, 0.2) is 18.2 Å². The number of hydrogen-bond acceptors (Lipinski definition) is 4. The summed E-state index contributed by atoms with van der Waals surface area (Å²) in [5.74, 6) is 1.58. The Morgan fingerprint density at radius 2 is 1.89 bits per heavy atom. The molecule has 5 heteroatoms. The van der Waals surface area contributed by atoms with E-state index in [-0.39, 0.29) is 12.4 Å². The van der Waals surface area contributed by atoms with E-state index in [9.17, 15) is 0 Å². The Kier molecular flexibility index (Phi) is 5.72. The summed E-state index contributed by atoms with van der Waals surface area (Å²) >= 11 is 0. The average molecular weight is 273 g/mol. The molecule has 0 bridgehead atoms. The molecule has 2 rings (SSSR count). The molecule has 1 saturated heterocycles. The fraction of sp³-hybridized carbons (Fsp3) is 0.538. The number of nitrogens with zero attached hydrogens (tertiary/aromatic N) is 1. The summed E-state index contributed by atoms with van der Waals surface area (Å²) in [6.45, 7) is 3.11. The number of methoxy groups -OCH3 is 2. The van der Waals surface area contributed by atoms with E-state index in [0.717, 1.165) is 31.1 Å². The Morgan fingerprint density at radius 3 is 2.39 bits per heavy atom. The Labute approximate surface area is 115 Å². The minimum atomic E-state index is 0. The summed E-state index contributed by atoms with van der Waals surface area (Å²) in [5.41, 5.74) is 1.25. The predicted molar refractivity (Wildman–Crippen MR) is 74.9 cm³/mol. The lowest BCUT2D eigenvalue weighted by molar-refractivity contribution is 0.173. The minimum absolute atomic E-state index is 0. The first-order valence-corrected chi connectivity index (χ1v) is 5.86. The third-order valence-electron chi connectivity index (χ3n) is 3.26. The quantitative estimate of drug-likeness (QED) is 0.881. The topological polar surface area (TPSA) is 33.7 Å². The van der Waals surface area contributed by atoms with Gasteiger partial charge in [-0.05, 0) is 24.7 Å². The van der Waals surface area contributed by atoms with E-state index in [1.807, 2.05) is 12.1 Å². The first-order chi connectivity index (χ1) is 8.24. The molecule has 0 atom stereocenters. The van der Waals surface area contributed by atoms with Gasteiger partial charge in [-0.25, -0.2) is 0 Å². The zero-order valence-corrected chi connectivity index (χ0v) is 11.9. The van der Waals surface area contributed by atoms with Crippen molar-refractivity contribution in [2.24, 2.45) is 0 Å². The van der Waals surface area contributed by atoms with Crippen molar-refractivity contribution in [2.75, 3.05) is 34.4 Å². The van der Waals surface area contributed by atoms with Gasteiger partial charge in [-0.3, -0.25) is 4.90 Å². The number of rotatable bonds is 5. The van der Waals surface area contributed by atoms with E-state index in [1.54, 1.807) is 14.2 Å². The van der Waals surface area contributed by atoms with Crippen LogP contribution in [0.4, 0.5) is 0 Å². The largest absolute Gasteiger partial charge is 0.493 e. The van der Waals surface area contributed by atoms with Gasteiger partial charge in [-0.15, -0.1) is 12.4 Å². The molecular formula is C13H21ClN2O2. The van der Waals surface area contributed by atoms with Crippen molar-refractivity contribution in [3.8, 4) is 11.5 Å². The molecule has 0 spiro atoms. The van der Waals surface area contributed by atoms with Crippen molar-refractivity contribution < 1.29 is 9.47 Å². The molecule has 1 N–H and O–H groups in total. The second-order valence-corrected chi connectivity index (χ2v) is 4.42. The molecule has 0 amide bonds. The lowest BCUT2D eigenvalue weighted by Crippen LogP contribution is -2.55. The summed E-state index contributed by atoms with van der Waals surface area (Å²) in [6, 6.07) is 6.75. The number of likely N-dealkylation sites (N-methyl/N-ethyl adjacent to an activating group) is 1. The predicted octanol–water partition coefficient (Wildman–Crippen LogP) is 1.53. The van der Waals surface area contributed by atoms with E-state index >= 15 is 0 Å². The van der Waals surface area contributed by atoms with Crippen LogP contribution in [0.5, 0.6) is 11.5 Å². The Hall–Kier alpha value is -0.970. The molecule has 0 aliphatic carbocycles. The number of nitrogens with one attached hydrogen (secondary N) is 1. The van der Waals surface area contributed by atoms with Crippen LogP contribution < -0.4 is 14.8 Å². The van der Waals surface area contributed by atoms with Crippen LogP contribution in [-0.4, -0.2) is 45.3 Å². The van der Waals surface area contributed by atoms with Crippen LogP contribution in [0.1, 0.15) is 5.56 Å². The van der Waals surface area contributed by atoms with Gasteiger partial charge in [0.25, 0.3) is 0 Å². The zero-order chi connectivity index (χ0) is 12.3. The SMILES string of the molecule is COc1ccc(CN(C)C2CNC2)cc1OC.Cl. The lowest BCUT2D eigenvalue weighted by atomic mass is 10.1. The highest BCUT2D eigenvalue weighted by Gasteiger charge is 2.21. The molecule has 1 fully saturated rings. The Bertz CT molecular complexity index is 383. The summed E-state index contributed by atoms with van der Waals surface area (Å²) in [6.07, 6.45) is 0. The van der Waals surface area contributed by atoms with E-state index in [2.05, 4.69) is 23.3 Å². The normalized spacial score (nSPS) is 14.9. The van der Waals surface area contributed by atoms with Crippen LogP contribution in [0, 0.1) is 0 Å². The highest BCUT2D eigenvalue weighted by molar-refractivity contribution is 5.85. The maximum Gasteiger partial charge on any atom is 0.161 e. The van der Waals surface area contributed by atoms with Gasteiger partial charge in [-0.1, -0.05) is 6.07 Å². The van der Waals surface area contributed by atoms with E-state index in [0.29, 0.717) is 6.04 Å². The number of benzene rings is 1. The third kappa shape index (κ3) is 3.28. The van der Waals surface area contributed by atoms with Gasteiger partial charge < -0.3 is 14.8 Å². The van der Waals surface area contributed by atoms with Crippen molar-refractivity contribution in [1.29, 1.82) is 0 Å². The monoisotopic (exact) mass is 272 g/mol. The molecule has 0 aromatic heterocycles. The molecular weight excluding hydrogens is 252 g/mol. The standard InChI is InChI=1S/C13H20N2O2.ClH/c1-15(11-7-14-8-11)9-10-4-5-12(16-2)13(6-10)17-3;/h4-6,11,14H,7-9H2,1-3H3;1H. The molecule has 1 aromatic rings. The van der Waals surface area contributed by atoms with Gasteiger partial charge in [0.15, 0.2) is 11.5 Å². The highest BCUT2D eigenvalue weighted by atomic mass is 35.5. The van der Waals surface area contributed by atoms with Crippen molar-refractivity contribution in [1.82, 2.24) is 10.2 Å². The summed E-state index contributed by atoms with van der Waals surface area (Å²) < 4.78 is 10.5.